The van der Waals surface area contributed by atoms with Gasteiger partial charge in [-0.15, -0.1) is 11.8 Å². The monoisotopic (exact) mass is 318 g/mol. The second-order valence-corrected chi connectivity index (χ2v) is 8.29. The Morgan fingerprint density at radius 1 is 1.00 bits per heavy atom. The maximum atomic E-state index is 12.5. The van der Waals surface area contributed by atoms with Gasteiger partial charge in [-0.3, -0.25) is 4.21 Å². The molecule has 2 aromatic rings. The molecule has 1 heterocycles. The van der Waals surface area contributed by atoms with E-state index in [9.17, 15) is 9.32 Å². The Hall–Kier alpha value is -1.10. The van der Waals surface area contributed by atoms with Crippen molar-refractivity contribution in [3.63, 3.8) is 0 Å². The van der Waals surface area contributed by atoms with Gasteiger partial charge < -0.3 is 5.11 Å². The topological polar surface area (TPSA) is 37.3 Å². The molecule has 110 valence electrons. The fraction of sp³-hybridized carbons (Fsp3) is 0.294. The highest BCUT2D eigenvalue weighted by molar-refractivity contribution is 8.12. The summed E-state index contributed by atoms with van der Waals surface area (Å²) in [6.45, 7) is 0. The van der Waals surface area contributed by atoms with Crippen LogP contribution in [0.15, 0.2) is 60.7 Å². The molecule has 0 aromatic heterocycles. The Bertz CT molecular complexity index is 574. The van der Waals surface area contributed by atoms with Gasteiger partial charge in [0.15, 0.2) is 0 Å². The van der Waals surface area contributed by atoms with Gasteiger partial charge in [0.2, 0.25) is 0 Å². The van der Waals surface area contributed by atoms with Crippen molar-refractivity contribution in [3.05, 3.63) is 71.8 Å². The van der Waals surface area contributed by atoms with Gasteiger partial charge >= 0.3 is 0 Å². The molecule has 1 aliphatic rings. The number of rotatable bonds is 3. The summed E-state index contributed by atoms with van der Waals surface area (Å²) >= 11 is 1.62. The molecule has 0 bridgehead atoms. The first-order valence-electron chi connectivity index (χ1n) is 7.05. The summed E-state index contributed by atoms with van der Waals surface area (Å²) in [7, 11) is -1.04. The quantitative estimate of drug-likeness (QED) is 0.945. The van der Waals surface area contributed by atoms with E-state index in [1.807, 2.05) is 60.7 Å². The molecule has 0 saturated carbocycles. The molecule has 1 N–H and O–H groups in total. The molecule has 1 unspecified atom stereocenters. The Kier molecular flexibility index (Phi) is 4.48. The van der Waals surface area contributed by atoms with Crippen molar-refractivity contribution in [2.75, 3.05) is 11.5 Å². The zero-order chi connectivity index (χ0) is 14.7. The minimum atomic E-state index is -1.21. The van der Waals surface area contributed by atoms with Crippen LogP contribution in [0, 0.1) is 0 Å². The maximum Gasteiger partial charge on any atom is 0.138 e. The van der Waals surface area contributed by atoms with E-state index < -0.39 is 16.4 Å². The molecular weight excluding hydrogens is 300 g/mol. The Labute approximate surface area is 132 Å². The Morgan fingerprint density at radius 3 is 2.00 bits per heavy atom. The van der Waals surface area contributed by atoms with Gasteiger partial charge in [0, 0.05) is 16.6 Å². The number of hydrogen-bond acceptors (Lipinski definition) is 3. The van der Waals surface area contributed by atoms with E-state index in [0.29, 0.717) is 5.75 Å². The molecule has 21 heavy (non-hydrogen) atoms. The predicted molar refractivity (Wildman–Crippen MR) is 89.8 cm³/mol. The van der Waals surface area contributed by atoms with Crippen molar-refractivity contribution in [2.45, 2.75) is 16.6 Å². The highest BCUT2D eigenvalue weighted by atomic mass is 32.2. The number of thioether (sulfide) groups is 1. The molecule has 2 nitrogen and oxygen atoms in total. The van der Waals surface area contributed by atoms with Crippen molar-refractivity contribution in [1.82, 2.24) is 0 Å². The lowest BCUT2D eigenvalue weighted by atomic mass is 9.88. The number of benzene rings is 2. The van der Waals surface area contributed by atoms with Crippen molar-refractivity contribution >= 4 is 22.6 Å². The van der Waals surface area contributed by atoms with E-state index in [1.54, 1.807) is 11.8 Å². The van der Waals surface area contributed by atoms with Gasteiger partial charge in [0.25, 0.3) is 0 Å². The van der Waals surface area contributed by atoms with Gasteiger partial charge in [0.1, 0.15) is 10.2 Å². The average Bonchev–Trinajstić information content (AvgIpc) is 2.56. The van der Waals surface area contributed by atoms with Crippen LogP contribution in [0.2, 0.25) is 0 Å². The fourth-order valence-corrected chi connectivity index (χ4v) is 6.41. The highest BCUT2D eigenvalue weighted by Gasteiger charge is 2.44. The van der Waals surface area contributed by atoms with Crippen molar-refractivity contribution in [1.29, 1.82) is 0 Å². The van der Waals surface area contributed by atoms with Crippen LogP contribution in [0.4, 0.5) is 0 Å². The summed E-state index contributed by atoms with van der Waals surface area (Å²) in [5.74, 6) is 1.61. The van der Waals surface area contributed by atoms with Crippen LogP contribution in [0.1, 0.15) is 17.5 Å². The number of hydrogen-bond donors (Lipinski definition) is 1. The second kappa shape index (κ2) is 6.34. The van der Waals surface area contributed by atoms with Crippen molar-refractivity contribution in [2.24, 2.45) is 0 Å². The smallest absolute Gasteiger partial charge is 0.138 e. The van der Waals surface area contributed by atoms with E-state index in [0.717, 1.165) is 23.3 Å². The summed E-state index contributed by atoms with van der Waals surface area (Å²) in [4.78, 5) is 0. The van der Waals surface area contributed by atoms with Gasteiger partial charge in [-0.2, -0.15) is 0 Å². The molecule has 3 rings (SSSR count). The van der Waals surface area contributed by atoms with E-state index in [-0.39, 0.29) is 4.58 Å². The lowest BCUT2D eigenvalue weighted by molar-refractivity contribution is 0.0978. The number of aliphatic hydroxyl groups is 1. The van der Waals surface area contributed by atoms with Gasteiger partial charge in [0.05, 0.1) is 0 Å². The lowest BCUT2D eigenvalue weighted by Crippen LogP contribution is -2.43. The molecule has 1 saturated heterocycles. The van der Waals surface area contributed by atoms with Gasteiger partial charge in [-0.1, -0.05) is 60.7 Å². The second-order valence-electron chi connectivity index (χ2n) is 5.14. The average molecular weight is 318 g/mol. The van der Waals surface area contributed by atoms with Crippen LogP contribution in [0.5, 0.6) is 0 Å². The largest absolute Gasteiger partial charge is 0.378 e. The van der Waals surface area contributed by atoms with Crippen LogP contribution in [-0.4, -0.2) is 25.4 Å². The minimum Gasteiger partial charge on any atom is -0.378 e. The molecule has 0 amide bonds. The Morgan fingerprint density at radius 2 is 1.52 bits per heavy atom. The molecule has 1 fully saturated rings. The lowest BCUT2D eigenvalue weighted by Gasteiger charge is -2.38. The first kappa shape index (κ1) is 14.8. The zero-order valence-corrected chi connectivity index (χ0v) is 13.3. The normalized spacial score (nSPS) is 22.9. The standard InChI is InChI=1S/C17H18O2S2/c18-17(14-8-3-1-4-9-14,15-10-5-2-6-11-15)16-20-12-7-13-21(16)19/h1-6,8-11,16,18H,7,12-13H2/t16-,21?/m0/s1. The Balaban J connectivity index is 2.13. The SMILES string of the molecule is O=S1CCCS[C@@H]1C(O)(c1ccccc1)c1ccccc1. The molecule has 0 radical (unpaired) electrons. The summed E-state index contributed by atoms with van der Waals surface area (Å²) in [6.07, 6.45) is 0.952. The molecule has 2 aromatic carbocycles. The molecule has 0 aliphatic carbocycles. The molecular formula is C17H18O2S2. The summed E-state index contributed by atoms with van der Waals surface area (Å²) in [6, 6.07) is 19.2. The molecule has 0 spiro atoms. The van der Waals surface area contributed by atoms with Crippen LogP contribution in [0.25, 0.3) is 0 Å². The van der Waals surface area contributed by atoms with E-state index in [1.165, 1.54) is 0 Å². The first-order chi connectivity index (χ1) is 10.2. The predicted octanol–water partition coefficient (Wildman–Crippen LogP) is 3.13. The van der Waals surface area contributed by atoms with Crippen LogP contribution < -0.4 is 0 Å². The van der Waals surface area contributed by atoms with Crippen LogP contribution in [-0.2, 0) is 16.4 Å². The van der Waals surface area contributed by atoms with Gasteiger partial charge in [-0.25, -0.2) is 0 Å². The van der Waals surface area contributed by atoms with E-state index in [4.69, 9.17) is 0 Å². The zero-order valence-electron chi connectivity index (χ0n) is 11.6. The van der Waals surface area contributed by atoms with Gasteiger partial charge in [-0.05, 0) is 23.3 Å². The molecule has 4 heteroatoms. The van der Waals surface area contributed by atoms with Crippen molar-refractivity contribution in [3.8, 4) is 0 Å². The summed E-state index contributed by atoms with van der Waals surface area (Å²) < 4.78 is 12.2. The first-order valence-corrected chi connectivity index (χ1v) is 9.48. The maximum absolute atomic E-state index is 12.5. The van der Waals surface area contributed by atoms with Crippen LogP contribution in [0.3, 0.4) is 0 Å². The third kappa shape index (κ3) is 2.80. The fourth-order valence-electron chi connectivity index (χ4n) is 2.71. The molecule has 1 aliphatic heterocycles. The third-order valence-electron chi connectivity index (χ3n) is 3.77. The van der Waals surface area contributed by atoms with Crippen LogP contribution >= 0.6 is 11.8 Å². The van der Waals surface area contributed by atoms with E-state index in [2.05, 4.69) is 0 Å². The summed E-state index contributed by atoms with van der Waals surface area (Å²) in [5, 5.41) is 11.5. The summed E-state index contributed by atoms with van der Waals surface area (Å²) in [5.41, 5.74) is 0.409. The van der Waals surface area contributed by atoms with Crippen molar-refractivity contribution < 1.29 is 9.32 Å². The molecule has 2 atom stereocenters. The van der Waals surface area contributed by atoms with E-state index >= 15 is 0 Å². The third-order valence-corrected chi connectivity index (χ3v) is 7.50. The minimum absolute atomic E-state index is 0.323. The highest BCUT2D eigenvalue weighted by Crippen LogP contribution is 2.42.